The highest BCUT2D eigenvalue weighted by molar-refractivity contribution is 6.42. The molecule has 4 rings (SSSR count). The van der Waals surface area contributed by atoms with E-state index in [2.05, 4.69) is 5.32 Å². The number of carbonyl (C=O) groups excluding carboxylic acids is 2. The molecular weight excluding hydrogens is 457 g/mol. The van der Waals surface area contributed by atoms with Crippen molar-refractivity contribution in [2.45, 2.75) is 26.3 Å². The van der Waals surface area contributed by atoms with Gasteiger partial charge in [-0.1, -0.05) is 65.7 Å². The Morgan fingerprint density at radius 1 is 0.939 bits per heavy atom. The summed E-state index contributed by atoms with van der Waals surface area (Å²) in [6.07, 6.45) is 1.09. The molecule has 3 aromatic carbocycles. The number of hydrogen-bond donors (Lipinski definition) is 1. The maximum Gasteiger partial charge on any atom is 0.324 e. The minimum absolute atomic E-state index is 0.102. The minimum atomic E-state index is -0.120. The molecule has 33 heavy (non-hydrogen) atoms. The van der Waals surface area contributed by atoms with Crippen LogP contribution >= 0.6 is 23.2 Å². The number of carbonyl (C=O) groups is 2. The van der Waals surface area contributed by atoms with Crippen molar-refractivity contribution in [3.8, 4) is 0 Å². The molecule has 0 radical (unpaired) electrons. The van der Waals surface area contributed by atoms with Gasteiger partial charge in [-0.25, -0.2) is 4.79 Å². The lowest BCUT2D eigenvalue weighted by atomic mass is 10.1. The molecule has 7 heteroatoms. The fraction of sp³-hybridized carbons (Fsp3) is 0.231. The van der Waals surface area contributed by atoms with Crippen LogP contribution in [-0.2, 0) is 17.8 Å². The number of benzene rings is 3. The SMILES string of the molecule is Cc1ccc(N2CCCN(Cc3ccc(Cl)c(Cl)c3)C2=O)c(NC(=O)Cc2ccccc2)c1. The highest BCUT2D eigenvalue weighted by atomic mass is 35.5. The molecule has 3 aromatic rings. The first-order valence-corrected chi connectivity index (χ1v) is 11.6. The molecule has 3 amide bonds. The molecule has 1 aliphatic rings. The van der Waals surface area contributed by atoms with Crippen LogP contribution in [0.4, 0.5) is 16.2 Å². The molecule has 0 atom stereocenters. The van der Waals surface area contributed by atoms with E-state index in [0.717, 1.165) is 23.1 Å². The Labute approximate surface area is 203 Å². The smallest absolute Gasteiger partial charge is 0.324 e. The zero-order valence-corrected chi connectivity index (χ0v) is 19.9. The van der Waals surface area contributed by atoms with Crippen LogP contribution < -0.4 is 10.2 Å². The Morgan fingerprint density at radius 3 is 2.48 bits per heavy atom. The summed E-state index contributed by atoms with van der Waals surface area (Å²) in [6, 6.07) is 20.7. The molecule has 0 aromatic heterocycles. The molecule has 1 saturated heterocycles. The minimum Gasteiger partial charge on any atom is -0.324 e. The topological polar surface area (TPSA) is 52.6 Å². The second kappa shape index (κ2) is 10.3. The molecular formula is C26H25Cl2N3O2. The normalized spacial score (nSPS) is 13.8. The number of amides is 3. The molecule has 5 nitrogen and oxygen atoms in total. The van der Waals surface area contributed by atoms with Crippen LogP contribution in [0.2, 0.25) is 10.0 Å². The van der Waals surface area contributed by atoms with E-state index in [4.69, 9.17) is 23.2 Å². The Bertz CT molecular complexity index is 1170. The second-order valence-corrected chi connectivity index (χ2v) is 9.00. The Hall–Kier alpha value is -3.02. The quantitative estimate of drug-likeness (QED) is 0.447. The van der Waals surface area contributed by atoms with Crippen molar-refractivity contribution in [2.24, 2.45) is 0 Å². The molecule has 0 aliphatic carbocycles. The van der Waals surface area contributed by atoms with Crippen molar-refractivity contribution in [3.63, 3.8) is 0 Å². The van der Waals surface area contributed by atoms with E-state index in [-0.39, 0.29) is 18.4 Å². The van der Waals surface area contributed by atoms with Gasteiger partial charge in [-0.3, -0.25) is 9.69 Å². The van der Waals surface area contributed by atoms with Crippen LogP contribution in [0.1, 0.15) is 23.1 Å². The van der Waals surface area contributed by atoms with Crippen molar-refractivity contribution in [1.82, 2.24) is 4.90 Å². The van der Waals surface area contributed by atoms with Gasteiger partial charge in [-0.2, -0.15) is 0 Å². The average molecular weight is 482 g/mol. The van der Waals surface area contributed by atoms with E-state index in [1.54, 1.807) is 21.9 Å². The largest absolute Gasteiger partial charge is 0.324 e. The van der Waals surface area contributed by atoms with Gasteiger partial charge in [0.1, 0.15) is 0 Å². The van der Waals surface area contributed by atoms with Gasteiger partial charge in [-0.15, -0.1) is 0 Å². The van der Waals surface area contributed by atoms with Crippen LogP contribution in [0.5, 0.6) is 0 Å². The highest BCUT2D eigenvalue weighted by Crippen LogP contribution is 2.31. The van der Waals surface area contributed by atoms with Crippen LogP contribution in [0.15, 0.2) is 66.7 Å². The van der Waals surface area contributed by atoms with Crippen LogP contribution in [-0.4, -0.2) is 29.9 Å². The van der Waals surface area contributed by atoms with Crippen LogP contribution in [0, 0.1) is 6.92 Å². The van der Waals surface area contributed by atoms with Crippen molar-refractivity contribution in [2.75, 3.05) is 23.3 Å². The molecule has 0 unspecified atom stereocenters. The van der Waals surface area contributed by atoms with E-state index < -0.39 is 0 Å². The molecule has 1 N–H and O–H groups in total. The third-order valence-electron chi connectivity index (χ3n) is 5.59. The predicted octanol–water partition coefficient (Wildman–Crippen LogP) is 6.32. The third kappa shape index (κ3) is 5.67. The van der Waals surface area contributed by atoms with Gasteiger partial charge < -0.3 is 10.2 Å². The van der Waals surface area contributed by atoms with Crippen molar-refractivity contribution >= 4 is 46.5 Å². The molecule has 1 fully saturated rings. The van der Waals surface area contributed by atoms with Crippen molar-refractivity contribution in [1.29, 1.82) is 0 Å². The Kier molecular flexibility index (Phi) is 7.21. The summed E-state index contributed by atoms with van der Waals surface area (Å²) in [6.45, 7) is 3.64. The standard InChI is InChI=1S/C26H25Cl2N3O2/c1-18-8-11-24(23(14-18)29-25(32)16-19-6-3-2-4-7-19)31-13-5-12-30(26(31)33)17-20-9-10-21(27)22(28)15-20/h2-4,6-11,14-15H,5,12-13,16-17H2,1H3,(H,29,32). The third-order valence-corrected chi connectivity index (χ3v) is 6.33. The number of aryl methyl sites for hydroxylation is 1. The zero-order valence-electron chi connectivity index (χ0n) is 18.4. The lowest BCUT2D eigenvalue weighted by molar-refractivity contribution is -0.115. The van der Waals surface area contributed by atoms with Crippen molar-refractivity contribution in [3.05, 3.63) is 93.5 Å². The molecule has 1 heterocycles. The number of halogens is 2. The van der Waals surface area contributed by atoms with Crippen molar-refractivity contribution < 1.29 is 9.59 Å². The summed E-state index contributed by atoms with van der Waals surface area (Å²) in [5.74, 6) is -0.120. The number of anilines is 2. The molecule has 0 saturated carbocycles. The molecule has 0 bridgehead atoms. The number of hydrogen-bond acceptors (Lipinski definition) is 2. The van der Waals surface area contributed by atoms with Gasteiger partial charge in [0.2, 0.25) is 5.91 Å². The summed E-state index contributed by atoms with van der Waals surface area (Å²) >= 11 is 12.2. The zero-order chi connectivity index (χ0) is 23.4. The number of nitrogens with one attached hydrogen (secondary N) is 1. The van der Waals surface area contributed by atoms with Gasteiger partial charge >= 0.3 is 6.03 Å². The lowest BCUT2D eigenvalue weighted by Gasteiger charge is -2.36. The molecule has 0 spiro atoms. The lowest BCUT2D eigenvalue weighted by Crippen LogP contribution is -2.49. The predicted molar refractivity (Wildman–Crippen MR) is 134 cm³/mol. The first-order valence-electron chi connectivity index (χ1n) is 10.9. The Balaban J connectivity index is 1.53. The number of rotatable bonds is 6. The summed E-state index contributed by atoms with van der Waals surface area (Å²) in [7, 11) is 0. The molecule has 170 valence electrons. The summed E-state index contributed by atoms with van der Waals surface area (Å²) < 4.78 is 0. The summed E-state index contributed by atoms with van der Waals surface area (Å²) in [4.78, 5) is 29.6. The van der Waals surface area contributed by atoms with Gasteiger partial charge in [0.25, 0.3) is 0 Å². The number of urea groups is 1. The first kappa shape index (κ1) is 23.1. The fourth-order valence-corrected chi connectivity index (χ4v) is 4.29. The fourth-order valence-electron chi connectivity index (χ4n) is 3.97. The average Bonchev–Trinajstić information content (AvgIpc) is 2.79. The van der Waals surface area contributed by atoms with Crippen LogP contribution in [0.25, 0.3) is 0 Å². The second-order valence-electron chi connectivity index (χ2n) is 8.19. The maximum absolute atomic E-state index is 13.4. The van der Waals surface area contributed by atoms with E-state index in [1.807, 2.05) is 61.5 Å². The summed E-state index contributed by atoms with van der Waals surface area (Å²) in [5, 5.41) is 3.97. The van der Waals surface area contributed by atoms with Crippen LogP contribution in [0.3, 0.4) is 0 Å². The van der Waals surface area contributed by atoms with E-state index in [1.165, 1.54) is 0 Å². The van der Waals surface area contributed by atoms with E-state index >= 15 is 0 Å². The van der Waals surface area contributed by atoms with E-state index in [0.29, 0.717) is 41.1 Å². The highest BCUT2D eigenvalue weighted by Gasteiger charge is 2.28. The summed E-state index contributed by atoms with van der Waals surface area (Å²) in [5.41, 5.74) is 4.20. The molecule has 1 aliphatic heterocycles. The maximum atomic E-state index is 13.4. The van der Waals surface area contributed by atoms with Gasteiger partial charge in [0.15, 0.2) is 0 Å². The number of nitrogens with zero attached hydrogens (tertiary/aromatic N) is 2. The van der Waals surface area contributed by atoms with E-state index in [9.17, 15) is 9.59 Å². The monoisotopic (exact) mass is 481 g/mol. The van der Waals surface area contributed by atoms with Gasteiger partial charge in [-0.05, 0) is 54.3 Å². The van der Waals surface area contributed by atoms with Gasteiger partial charge in [0.05, 0.1) is 27.8 Å². The first-order chi connectivity index (χ1) is 15.9. The Morgan fingerprint density at radius 2 is 1.73 bits per heavy atom. The van der Waals surface area contributed by atoms with Gasteiger partial charge in [0, 0.05) is 19.6 Å².